The molecule has 0 aliphatic carbocycles. The zero-order valence-electron chi connectivity index (χ0n) is 16.6. The van der Waals surface area contributed by atoms with Crippen molar-refractivity contribution in [1.82, 2.24) is 0 Å². The zero-order chi connectivity index (χ0) is 20.3. The normalized spacial score (nSPS) is 12.7. The SMILES string of the molecule is c1ccc([SH](c2ccccc2)(c2ccccc2)(c2ccccc2)c2cccs2)cc1. The van der Waals surface area contributed by atoms with Crippen molar-refractivity contribution in [3.8, 4) is 0 Å². The van der Waals surface area contributed by atoms with Crippen LogP contribution in [0.15, 0.2) is 163 Å². The van der Waals surface area contributed by atoms with Crippen LogP contribution in [0.5, 0.6) is 0 Å². The minimum atomic E-state index is -3.19. The Bertz CT molecular complexity index is 1040. The van der Waals surface area contributed by atoms with Gasteiger partial charge in [0, 0.05) is 4.21 Å². The van der Waals surface area contributed by atoms with E-state index in [1.165, 1.54) is 23.8 Å². The van der Waals surface area contributed by atoms with E-state index in [2.05, 4.69) is 139 Å². The molecule has 0 saturated carbocycles. The highest BCUT2D eigenvalue weighted by atomic mass is 32.3. The fourth-order valence-corrected chi connectivity index (χ4v) is 13.8. The molecule has 0 bridgehead atoms. The first-order valence-corrected chi connectivity index (χ1v) is 13.3. The minimum absolute atomic E-state index is 1.37. The Kier molecular flexibility index (Phi) is 4.82. The third-order valence-electron chi connectivity index (χ3n) is 6.04. The second-order valence-electron chi connectivity index (χ2n) is 7.41. The molecule has 4 aromatic carbocycles. The second-order valence-corrected chi connectivity index (χ2v) is 13.4. The third-order valence-corrected chi connectivity index (χ3v) is 14.5. The largest absolute Gasteiger partial charge is 0.170 e. The Morgan fingerprint density at radius 3 is 0.967 bits per heavy atom. The maximum atomic E-state index is 2.34. The lowest BCUT2D eigenvalue weighted by Crippen LogP contribution is -2.21. The molecular formula is C28H24S2. The lowest BCUT2D eigenvalue weighted by molar-refractivity contribution is 1.18. The quantitative estimate of drug-likeness (QED) is 0.269. The van der Waals surface area contributed by atoms with Crippen molar-refractivity contribution in [2.45, 2.75) is 23.8 Å². The summed E-state index contributed by atoms with van der Waals surface area (Å²) in [5.41, 5.74) is 0. The highest BCUT2D eigenvalue weighted by Gasteiger charge is 2.50. The maximum Gasteiger partial charge on any atom is 0.0424 e. The summed E-state index contributed by atoms with van der Waals surface area (Å²) in [5, 5.41) is 2.22. The van der Waals surface area contributed by atoms with Gasteiger partial charge in [-0.15, -0.1) is 11.3 Å². The second kappa shape index (κ2) is 7.64. The first-order chi connectivity index (χ1) is 14.9. The fourth-order valence-electron chi connectivity index (χ4n) is 4.83. The van der Waals surface area contributed by atoms with Crippen molar-refractivity contribution in [2.75, 3.05) is 0 Å². The number of rotatable bonds is 5. The lowest BCUT2D eigenvalue weighted by Gasteiger charge is -2.62. The van der Waals surface area contributed by atoms with E-state index in [9.17, 15) is 0 Å². The Balaban J connectivity index is 2.13. The Hall–Kier alpha value is -3.07. The van der Waals surface area contributed by atoms with Crippen molar-refractivity contribution in [3.05, 3.63) is 139 Å². The van der Waals surface area contributed by atoms with Crippen LogP contribution in [0, 0.1) is 0 Å². The monoisotopic (exact) mass is 424 g/mol. The Morgan fingerprint density at radius 1 is 0.367 bits per heavy atom. The molecule has 2 heteroatoms. The molecule has 1 aromatic heterocycles. The van der Waals surface area contributed by atoms with Gasteiger partial charge in [0.15, 0.2) is 0 Å². The molecule has 0 fully saturated rings. The van der Waals surface area contributed by atoms with Gasteiger partial charge in [0.05, 0.1) is 0 Å². The third kappa shape index (κ3) is 2.48. The van der Waals surface area contributed by atoms with E-state index in [1.54, 1.807) is 0 Å². The van der Waals surface area contributed by atoms with E-state index in [1.807, 2.05) is 11.3 Å². The number of hydrogen-bond acceptors (Lipinski definition) is 1. The van der Waals surface area contributed by atoms with E-state index in [4.69, 9.17) is 0 Å². The summed E-state index contributed by atoms with van der Waals surface area (Å²) in [6.07, 6.45) is 0. The molecule has 30 heavy (non-hydrogen) atoms. The van der Waals surface area contributed by atoms with Gasteiger partial charge in [-0.2, -0.15) is 9.16 Å². The van der Waals surface area contributed by atoms with Gasteiger partial charge in [-0.05, 0) is 31.0 Å². The molecule has 0 saturated heterocycles. The summed E-state index contributed by atoms with van der Waals surface area (Å²) in [7, 11) is -3.19. The van der Waals surface area contributed by atoms with Crippen LogP contribution in [0.4, 0.5) is 0 Å². The summed E-state index contributed by atoms with van der Waals surface area (Å²) in [5.74, 6) is 0. The molecule has 5 aromatic rings. The predicted molar refractivity (Wildman–Crippen MR) is 130 cm³/mol. The fraction of sp³-hybridized carbons (Fsp3) is 0. The van der Waals surface area contributed by atoms with Crippen molar-refractivity contribution in [2.24, 2.45) is 0 Å². The van der Waals surface area contributed by atoms with Crippen LogP contribution in [-0.2, 0) is 0 Å². The molecule has 0 unspecified atom stereocenters. The van der Waals surface area contributed by atoms with Crippen LogP contribution in [0.1, 0.15) is 0 Å². The van der Waals surface area contributed by atoms with Gasteiger partial charge < -0.3 is 0 Å². The molecule has 148 valence electrons. The van der Waals surface area contributed by atoms with Crippen LogP contribution in [-0.4, -0.2) is 0 Å². The molecule has 1 heterocycles. The summed E-state index contributed by atoms with van der Waals surface area (Å²) >= 11 is 1.87. The van der Waals surface area contributed by atoms with Crippen molar-refractivity contribution < 1.29 is 0 Å². The molecule has 0 N–H and O–H groups in total. The average molecular weight is 425 g/mol. The van der Waals surface area contributed by atoms with Gasteiger partial charge >= 0.3 is 0 Å². The van der Waals surface area contributed by atoms with E-state index in [-0.39, 0.29) is 0 Å². The highest BCUT2D eigenvalue weighted by Crippen LogP contribution is 2.94. The van der Waals surface area contributed by atoms with Crippen LogP contribution in [0.2, 0.25) is 0 Å². The number of thiophene rings is 1. The molecule has 5 rings (SSSR count). The standard InChI is InChI=1S/C28H24S2/c1-5-14-24(15-6-1)30(28-22-13-23-29-28,25-16-7-2-8-17-25,26-18-9-3-10-19-26)27-20-11-4-12-21-27/h1-23,30H. The van der Waals surface area contributed by atoms with Crippen molar-refractivity contribution in [1.29, 1.82) is 0 Å². The van der Waals surface area contributed by atoms with Gasteiger partial charge in [-0.1, -0.05) is 127 Å². The van der Waals surface area contributed by atoms with Crippen LogP contribution >= 0.6 is 20.5 Å². The number of thiol groups is 1. The molecular weight excluding hydrogens is 400 g/mol. The molecule has 0 spiro atoms. The van der Waals surface area contributed by atoms with Crippen LogP contribution < -0.4 is 0 Å². The van der Waals surface area contributed by atoms with Gasteiger partial charge in [-0.25, -0.2) is 0 Å². The average Bonchev–Trinajstić information content (AvgIpc) is 3.39. The van der Waals surface area contributed by atoms with E-state index in [0.29, 0.717) is 0 Å². The summed E-state index contributed by atoms with van der Waals surface area (Å²) in [4.78, 5) is 5.48. The molecule has 0 atom stereocenters. The maximum absolute atomic E-state index is 3.19. The highest BCUT2D eigenvalue weighted by molar-refractivity contribution is 8.50. The summed E-state index contributed by atoms with van der Waals surface area (Å²) in [6, 6.07) is 49.0. The summed E-state index contributed by atoms with van der Waals surface area (Å²) < 4.78 is 1.41. The van der Waals surface area contributed by atoms with Crippen molar-refractivity contribution >= 4 is 20.5 Å². The minimum Gasteiger partial charge on any atom is -0.170 e. The summed E-state index contributed by atoms with van der Waals surface area (Å²) in [6.45, 7) is 0. The number of hydrogen-bond donors (Lipinski definition) is 1. The smallest absolute Gasteiger partial charge is 0.0424 e. The Labute approximate surface area is 182 Å². The first kappa shape index (κ1) is 18.9. The van der Waals surface area contributed by atoms with Gasteiger partial charge in [-0.3, -0.25) is 0 Å². The molecule has 0 aliphatic heterocycles. The zero-order valence-corrected chi connectivity index (χ0v) is 18.3. The van der Waals surface area contributed by atoms with Crippen LogP contribution in [0.25, 0.3) is 0 Å². The van der Waals surface area contributed by atoms with Gasteiger partial charge in [0.1, 0.15) is 0 Å². The van der Waals surface area contributed by atoms with Gasteiger partial charge in [0.25, 0.3) is 0 Å². The molecule has 0 radical (unpaired) electrons. The molecule has 0 nitrogen and oxygen atoms in total. The topological polar surface area (TPSA) is 0 Å². The van der Waals surface area contributed by atoms with E-state index < -0.39 is 9.16 Å². The lowest BCUT2D eigenvalue weighted by atomic mass is 10.3. The van der Waals surface area contributed by atoms with Crippen LogP contribution in [0.3, 0.4) is 0 Å². The van der Waals surface area contributed by atoms with E-state index in [0.717, 1.165) is 0 Å². The molecule has 0 aliphatic rings. The molecule has 0 amide bonds. The predicted octanol–water partition coefficient (Wildman–Crippen LogP) is 8.42. The number of benzene rings is 4. The van der Waals surface area contributed by atoms with Gasteiger partial charge in [0.2, 0.25) is 0 Å². The Morgan fingerprint density at radius 2 is 0.700 bits per heavy atom. The van der Waals surface area contributed by atoms with Crippen molar-refractivity contribution in [3.63, 3.8) is 0 Å². The first-order valence-electron chi connectivity index (χ1n) is 10.2. The van der Waals surface area contributed by atoms with E-state index >= 15 is 0 Å².